The highest BCUT2D eigenvalue weighted by Crippen LogP contribution is 2.40. The minimum atomic E-state index is -2.86. The number of carbonyl (C=O) groups is 3. The van der Waals surface area contributed by atoms with Crippen LogP contribution in [0.3, 0.4) is 0 Å². The van der Waals surface area contributed by atoms with Crippen molar-refractivity contribution in [2.45, 2.75) is 32.8 Å². The summed E-state index contributed by atoms with van der Waals surface area (Å²) in [6.45, 7) is 9.91. The number of rotatable bonds is 11. The normalized spacial score (nSPS) is 12.5. The number of hydrogen-bond donors (Lipinski definition) is 4. The molecule has 0 bridgehead atoms. The van der Waals surface area contributed by atoms with E-state index in [1.165, 1.54) is 20.8 Å². The molecule has 10 nitrogen and oxygen atoms in total. The van der Waals surface area contributed by atoms with Gasteiger partial charge in [0.05, 0.1) is 13.2 Å². The Kier molecular flexibility index (Phi) is 9.22. The summed E-state index contributed by atoms with van der Waals surface area (Å²) in [4.78, 5) is 35.9. The second-order valence-corrected chi connectivity index (χ2v) is 6.26. The van der Waals surface area contributed by atoms with E-state index in [0.717, 1.165) is 0 Å². The zero-order valence-electron chi connectivity index (χ0n) is 16.1. The third-order valence-corrected chi connectivity index (χ3v) is 3.78. The maximum atomic E-state index is 12.1. The molecule has 0 aliphatic carbocycles. The molecule has 0 spiro atoms. The van der Waals surface area contributed by atoms with Gasteiger partial charge in [0.2, 0.25) is 6.29 Å². The van der Waals surface area contributed by atoms with E-state index in [4.69, 9.17) is 14.2 Å². The summed E-state index contributed by atoms with van der Waals surface area (Å²) in [6.07, 6.45) is -2.39. The predicted octanol–water partition coefficient (Wildman–Crippen LogP) is -0.678. The van der Waals surface area contributed by atoms with E-state index in [2.05, 4.69) is 19.7 Å². The van der Waals surface area contributed by atoms with E-state index >= 15 is 0 Å². The molecule has 4 N–H and O–H groups in total. The minimum Gasteiger partial charge on any atom is -0.431 e. The molecule has 0 aliphatic rings. The molecule has 0 radical (unpaired) electrons. The Balaban J connectivity index is 6.50. The average Bonchev–Trinajstić information content (AvgIpc) is 2.62. The number of carbonyl (C=O) groups excluding carboxylic acids is 3. The fourth-order valence-electron chi connectivity index (χ4n) is 1.87. The molecule has 158 valence electrons. The van der Waals surface area contributed by atoms with Crippen molar-refractivity contribution in [2.75, 3.05) is 19.8 Å². The number of aliphatic hydroxyl groups is 4. The van der Waals surface area contributed by atoms with Crippen molar-refractivity contribution < 1.29 is 49.0 Å². The zero-order valence-corrected chi connectivity index (χ0v) is 16.1. The molecule has 0 aromatic heterocycles. The highest BCUT2D eigenvalue weighted by atomic mass is 16.7. The molecule has 0 aliphatic heterocycles. The summed E-state index contributed by atoms with van der Waals surface area (Å²) in [7, 11) is 0. The summed E-state index contributed by atoms with van der Waals surface area (Å²) < 4.78 is 14.7. The van der Waals surface area contributed by atoms with Crippen LogP contribution in [-0.2, 0) is 28.6 Å². The van der Waals surface area contributed by atoms with Gasteiger partial charge in [-0.1, -0.05) is 19.7 Å². The standard InChI is InChI=1S/C18H26O10/c1-10(2)13(22)26-16(25)17(7-19,8-20)18(9-21,27-14(23)11(3)4)28-15(24)12(5)6/h16,19-21,25H,1,3,5,7-9H2,2,4,6H3. The maximum absolute atomic E-state index is 12.1. The van der Waals surface area contributed by atoms with Gasteiger partial charge in [0.25, 0.3) is 5.79 Å². The first-order valence-corrected chi connectivity index (χ1v) is 7.99. The SMILES string of the molecule is C=C(C)C(=O)OC(O)C(CO)(CO)C(CO)(OC(=O)C(=C)C)OC(=O)C(=C)C. The van der Waals surface area contributed by atoms with E-state index in [-0.39, 0.29) is 16.7 Å². The van der Waals surface area contributed by atoms with Crippen LogP contribution in [0.1, 0.15) is 20.8 Å². The molecule has 0 aromatic carbocycles. The Bertz CT molecular complexity index is 631. The second-order valence-electron chi connectivity index (χ2n) is 6.26. The lowest BCUT2D eigenvalue weighted by Gasteiger charge is -2.46. The van der Waals surface area contributed by atoms with Crippen LogP contribution in [0, 0.1) is 5.41 Å². The number of ether oxygens (including phenoxy) is 3. The van der Waals surface area contributed by atoms with Crippen LogP contribution >= 0.6 is 0 Å². The molecule has 0 saturated heterocycles. The molecule has 10 heteroatoms. The molecule has 0 aromatic rings. The first-order valence-electron chi connectivity index (χ1n) is 7.99. The number of hydrogen-bond acceptors (Lipinski definition) is 10. The Morgan fingerprint density at radius 2 is 1.14 bits per heavy atom. The fraction of sp³-hybridized carbons (Fsp3) is 0.500. The van der Waals surface area contributed by atoms with Gasteiger partial charge in [0.15, 0.2) is 5.41 Å². The van der Waals surface area contributed by atoms with Crippen molar-refractivity contribution in [2.24, 2.45) is 5.41 Å². The van der Waals surface area contributed by atoms with Crippen molar-refractivity contribution in [1.29, 1.82) is 0 Å². The Labute approximate surface area is 162 Å². The topological polar surface area (TPSA) is 160 Å². The van der Waals surface area contributed by atoms with Gasteiger partial charge in [0, 0.05) is 16.7 Å². The van der Waals surface area contributed by atoms with Crippen LogP contribution in [-0.4, -0.2) is 70.2 Å². The van der Waals surface area contributed by atoms with Gasteiger partial charge in [-0.25, -0.2) is 14.4 Å². The average molecular weight is 402 g/mol. The van der Waals surface area contributed by atoms with Crippen molar-refractivity contribution in [1.82, 2.24) is 0 Å². The Morgan fingerprint density at radius 1 is 0.786 bits per heavy atom. The third kappa shape index (κ3) is 5.26. The molecule has 0 saturated carbocycles. The number of esters is 3. The zero-order chi connectivity index (χ0) is 22.3. The molecule has 28 heavy (non-hydrogen) atoms. The van der Waals surface area contributed by atoms with Crippen LogP contribution in [0.15, 0.2) is 36.5 Å². The lowest BCUT2D eigenvalue weighted by Crippen LogP contribution is -2.66. The first kappa shape index (κ1) is 25.5. The molecule has 1 unspecified atom stereocenters. The smallest absolute Gasteiger partial charge is 0.336 e. The highest BCUT2D eigenvalue weighted by molar-refractivity contribution is 5.89. The summed E-state index contributed by atoms with van der Waals surface area (Å²) in [6, 6.07) is 0. The van der Waals surface area contributed by atoms with Gasteiger partial charge in [-0.3, -0.25) is 0 Å². The van der Waals surface area contributed by atoms with Crippen molar-refractivity contribution >= 4 is 17.9 Å². The van der Waals surface area contributed by atoms with Crippen molar-refractivity contribution in [3.63, 3.8) is 0 Å². The predicted molar refractivity (Wildman–Crippen MR) is 95.1 cm³/mol. The molecule has 0 fully saturated rings. The Morgan fingerprint density at radius 3 is 1.39 bits per heavy atom. The summed E-state index contributed by atoms with van der Waals surface area (Å²) >= 11 is 0. The fourth-order valence-corrected chi connectivity index (χ4v) is 1.87. The van der Waals surface area contributed by atoms with Crippen molar-refractivity contribution in [3.8, 4) is 0 Å². The molecular weight excluding hydrogens is 376 g/mol. The number of aliphatic hydroxyl groups excluding tert-OH is 4. The summed E-state index contributed by atoms with van der Waals surface area (Å²) in [5, 5.41) is 40.1. The minimum absolute atomic E-state index is 0.142. The monoisotopic (exact) mass is 402 g/mol. The Hall–Kier alpha value is -2.53. The van der Waals surface area contributed by atoms with E-state index in [1.807, 2.05) is 0 Å². The lowest BCUT2D eigenvalue weighted by atomic mass is 9.79. The molecular formula is C18H26O10. The van der Waals surface area contributed by atoms with Crippen LogP contribution < -0.4 is 0 Å². The largest absolute Gasteiger partial charge is 0.431 e. The van der Waals surface area contributed by atoms with Crippen LogP contribution in [0.25, 0.3) is 0 Å². The maximum Gasteiger partial charge on any atom is 0.336 e. The first-order chi connectivity index (χ1) is 12.8. The van der Waals surface area contributed by atoms with Gasteiger partial charge in [0.1, 0.15) is 6.61 Å². The molecule has 0 heterocycles. The summed E-state index contributed by atoms with van der Waals surface area (Å²) in [5.41, 5.74) is -3.11. The molecule has 1 atom stereocenters. The van der Waals surface area contributed by atoms with E-state index in [1.54, 1.807) is 0 Å². The lowest BCUT2D eigenvalue weighted by molar-refractivity contribution is -0.339. The van der Waals surface area contributed by atoms with Crippen LogP contribution in [0.2, 0.25) is 0 Å². The van der Waals surface area contributed by atoms with Crippen LogP contribution in [0.4, 0.5) is 0 Å². The van der Waals surface area contributed by atoms with Gasteiger partial charge in [-0.2, -0.15) is 0 Å². The summed E-state index contributed by atoms with van der Waals surface area (Å²) in [5.74, 6) is -6.36. The van der Waals surface area contributed by atoms with Gasteiger partial charge in [-0.05, 0) is 20.8 Å². The van der Waals surface area contributed by atoms with E-state index < -0.39 is 55.2 Å². The van der Waals surface area contributed by atoms with Crippen molar-refractivity contribution in [3.05, 3.63) is 36.5 Å². The second kappa shape index (κ2) is 10.1. The van der Waals surface area contributed by atoms with E-state index in [9.17, 15) is 34.8 Å². The van der Waals surface area contributed by atoms with Gasteiger partial charge < -0.3 is 34.6 Å². The van der Waals surface area contributed by atoms with Gasteiger partial charge >= 0.3 is 17.9 Å². The quantitative estimate of drug-likeness (QED) is 0.198. The van der Waals surface area contributed by atoms with E-state index in [0.29, 0.717) is 0 Å². The third-order valence-electron chi connectivity index (χ3n) is 3.78. The van der Waals surface area contributed by atoms with Crippen LogP contribution in [0.5, 0.6) is 0 Å². The van der Waals surface area contributed by atoms with Gasteiger partial charge in [-0.15, -0.1) is 0 Å². The molecule has 0 amide bonds. The highest BCUT2D eigenvalue weighted by Gasteiger charge is 2.63. The molecule has 0 rings (SSSR count).